The van der Waals surface area contributed by atoms with Crippen LogP contribution in [0.4, 0.5) is 24.7 Å². The molecule has 0 bridgehead atoms. The third kappa shape index (κ3) is 3.31. The van der Waals surface area contributed by atoms with E-state index >= 15 is 0 Å². The molecule has 0 aliphatic rings. The van der Waals surface area contributed by atoms with Crippen LogP contribution in [-0.2, 0) is 6.18 Å². The summed E-state index contributed by atoms with van der Waals surface area (Å²) < 4.78 is 38.6. The molecule has 1 heterocycles. The molecule has 3 N–H and O–H groups in total. The van der Waals surface area contributed by atoms with Crippen molar-refractivity contribution in [1.29, 1.82) is 0 Å². The summed E-state index contributed by atoms with van der Waals surface area (Å²) in [5.41, 5.74) is 5.05. The molecule has 1 aromatic heterocycles. The molecule has 0 spiro atoms. The molecule has 4 nitrogen and oxygen atoms in total. The van der Waals surface area contributed by atoms with E-state index in [0.717, 1.165) is 12.1 Å². The van der Waals surface area contributed by atoms with Gasteiger partial charge in [0.1, 0.15) is 5.82 Å². The number of hydrogen-bond acceptors (Lipinski definition) is 3. The van der Waals surface area contributed by atoms with Crippen LogP contribution < -0.4 is 11.1 Å². The zero-order valence-electron chi connectivity index (χ0n) is 11.0. The van der Waals surface area contributed by atoms with Gasteiger partial charge in [-0.15, -0.1) is 0 Å². The van der Waals surface area contributed by atoms with Crippen molar-refractivity contribution in [3.05, 3.63) is 53.2 Å². The largest absolute Gasteiger partial charge is 0.417 e. The summed E-state index contributed by atoms with van der Waals surface area (Å²) in [5, 5.41) is 2.36. The Morgan fingerprint density at radius 2 is 1.95 bits per heavy atom. The molecule has 1 amide bonds. The van der Waals surface area contributed by atoms with Gasteiger partial charge in [-0.05, 0) is 30.7 Å². The molecule has 1 aromatic carbocycles. The number of halogens is 3. The number of benzene rings is 1. The van der Waals surface area contributed by atoms with Crippen LogP contribution in [-0.4, -0.2) is 10.9 Å². The van der Waals surface area contributed by atoms with Crippen LogP contribution in [0.1, 0.15) is 21.5 Å². The summed E-state index contributed by atoms with van der Waals surface area (Å²) in [7, 11) is 0. The number of nitrogen functional groups attached to an aromatic ring is 1. The number of hydrogen-bond donors (Lipinski definition) is 2. The maximum atomic E-state index is 12.9. The van der Waals surface area contributed by atoms with Gasteiger partial charge in [0.2, 0.25) is 0 Å². The summed E-state index contributed by atoms with van der Waals surface area (Å²) in [5.74, 6) is -0.700. The molecule has 0 saturated carbocycles. The maximum absolute atomic E-state index is 12.9. The van der Waals surface area contributed by atoms with Gasteiger partial charge in [0.25, 0.3) is 5.91 Å². The van der Waals surface area contributed by atoms with Gasteiger partial charge in [0, 0.05) is 0 Å². The van der Waals surface area contributed by atoms with E-state index in [2.05, 4.69) is 10.3 Å². The average molecular weight is 295 g/mol. The van der Waals surface area contributed by atoms with E-state index in [-0.39, 0.29) is 5.82 Å². The first-order valence-electron chi connectivity index (χ1n) is 5.98. The van der Waals surface area contributed by atoms with Gasteiger partial charge in [0.15, 0.2) is 0 Å². The number of rotatable bonds is 2. The number of alkyl halides is 3. The van der Waals surface area contributed by atoms with Crippen molar-refractivity contribution in [2.24, 2.45) is 0 Å². The van der Waals surface area contributed by atoms with Crippen LogP contribution in [0.3, 0.4) is 0 Å². The van der Waals surface area contributed by atoms with E-state index in [1.165, 1.54) is 18.3 Å². The first-order valence-corrected chi connectivity index (χ1v) is 5.98. The van der Waals surface area contributed by atoms with Crippen molar-refractivity contribution in [2.45, 2.75) is 13.1 Å². The minimum Gasteiger partial charge on any atom is -0.397 e. The first kappa shape index (κ1) is 14.8. The van der Waals surface area contributed by atoms with Crippen molar-refractivity contribution in [3.8, 4) is 0 Å². The minimum atomic E-state index is -4.60. The number of nitrogens with two attached hydrogens (primary N) is 1. The summed E-state index contributed by atoms with van der Waals surface area (Å²) in [4.78, 5) is 15.9. The third-order valence-corrected chi connectivity index (χ3v) is 2.81. The van der Waals surface area contributed by atoms with Gasteiger partial charge in [-0.3, -0.25) is 4.79 Å². The number of nitrogens with zero attached hydrogens (tertiary/aromatic N) is 1. The molecular formula is C14H12F3N3O. The Balaban J connectivity index is 2.33. The second-order valence-electron chi connectivity index (χ2n) is 4.43. The summed E-state index contributed by atoms with van der Waals surface area (Å²) in [6, 6.07) is 6.14. The zero-order valence-corrected chi connectivity index (χ0v) is 11.0. The van der Waals surface area contributed by atoms with Crippen molar-refractivity contribution in [3.63, 3.8) is 0 Å². The fraction of sp³-hybridized carbons (Fsp3) is 0.143. The SMILES string of the molecule is Cc1cc(N)cnc1NC(=O)c1ccccc1C(F)(F)F. The zero-order chi connectivity index (χ0) is 15.6. The number of anilines is 2. The quantitative estimate of drug-likeness (QED) is 0.893. The van der Waals surface area contributed by atoms with E-state index in [1.807, 2.05) is 0 Å². The van der Waals surface area contributed by atoms with Gasteiger partial charge >= 0.3 is 6.18 Å². The molecule has 0 atom stereocenters. The summed E-state index contributed by atoms with van der Waals surface area (Å²) in [6.07, 6.45) is -3.28. The van der Waals surface area contributed by atoms with E-state index in [1.54, 1.807) is 13.0 Å². The number of carbonyl (C=O) groups is 1. The van der Waals surface area contributed by atoms with E-state index in [9.17, 15) is 18.0 Å². The smallest absolute Gasteiger partial charge is 0.397 e. The van der Waals surface area contributed by atoms with E-state index in [0.29, 0.717) is 11.3 Å². The Bertz CT molecular complexity index is 683. The molecule has 0 fully saturated rings. The van der Waals surface area contributed by atoms with E-state index in [4.69, 9.17) is 5.73 Å². The van der Waals surface area contributed by atoms with Gasteiger partial charge in [-0.2, -0.15) is 13.2 Å². The van der Waals surface area contributed by atoms with Crippen LogP contribution in [0.5, 0.6) is 0 Å². The Labute approximate surface area is 118 Å². The van der Waals surface area contributed by atoms with Gasteiger partial charge < -0.3 is 11.1 Å². The highest BCUT2D eigenvalue weighted by molar-refractivity contribution is 6.05. The van der Waals surface area contributed by atoms with Crippen LogP contribution in [0.25, 0.3) is 0 Å². The fourth-order valence-electron chi connectivity index (χ4n) is 1.83. The number of aromatic nitrogens is 1. The normalized spacial score (nSPS) is 11.2. The molecular weight excluding hydrogens is 283 g/mol. The van der Waals surface area contributed by atoms with Crippen molar-refractivity contribution in [2.75, 3.05) is 11.1 Å². The molecule has 21 heavy (non-hydrogen) atoms. The highest BCUT2D eigenvalue weighted by Crippen LogP contribution is 2.32. The number of carbonyl (C=O) groups excluding carboxylic acids is 1. The fourth-order valence-corrected chi connectivity index (χ4v) is 1.83. The van der Waals surface area contributed by atoms with Gasteiger partial charge in [0.05, 0.1) is 23.0 Å². The molecule has 0 unspecified atom stereocenters. The predicted molar refractivity (Wildman–Crippen MR) is 72.8 cm³/mol. The number of pyridine rings is 1. The van der Waals surface area contributed by atoms with Crippen LogP contribution in [0, 0.1) is 6.92 Å². The first-order chi connectivity index (χ1) is 9.79. The van der Waals surface area contributed by atoms with Gasteiger partial charge in [-0.25, -0.2) is 4.98 Å². The molecule has 0 aliphatic carbocycles. The van der Waals surface area contributed by atoms with Crippen LogP contribution in [0.15, 0.2) is 36.5 Å². The number of amides is 1. The van der Waals surface area contributed by atoms with E-state index < -0.39 is 23.2 Å². The molecule has 0 radical (unpaired) electrons. The lowest BCUT2D eigenvalue weighted by atomic mass is 10.1. The highest BCUT2D eigenvalue weighted by Gasteiger charge is 2.34. The highest BCUT2D eigenvalue weighted by atomic mass is 19.4. The minimum absolute atomic E-state index is 0.172. The standard InChI is InChI=1S/C14H12F3N3O/c1-8-6-9(18)7-19-12(8)20-13(21)10-4-2-3-5-11(10)14(15,16)17/h2-7H,18H2,1H3,(H,19,20,21). The maximum Gasteiger partial charge on any atom is 0.417 e. The Kier molecular flexibility index (Phi) is 3.84. The third-order valence-electron chi connectivity index (χ3n) is 2.81. The summed E-state index contributed by atoms with van der Waals surface area (Å²) >= 11 is 0. The number of aryl methyl sites for hydroxylation is 1. The molecule has 2 rings (SSSR count). The van der Waals surface area contributed by atoms with Crippen LogP contribution >= 0.6 is 0 Å². The monoisotopic (exact) mass is 295 g/mol. The van der Waals surface area contributed by atoms with Crippen molar-refractivity contribution >= 4 is 17.4 Å². The summed E-state index contributed by atoms with van der Waals surface area (Å²) in [6.45, 7) is 1.65. The molecule has 0 saturated heterocycles. The van der Waals surface area contributed by atoms with Gasteiger partial charge in [-0.1, -0.05) is 12.1 Å². The van der Waals surface area contributed by atoms with Crippen molar-refractivity contribution in [1.82, 2.24) is 4.98 Å². The predicted octanol–water partition coefficient (Wildman–Crippen LogP) is 3.24. The molecule has 0 aliphatic heterocycles. The second kappa shape index (κ2) is 5.43. The van der Waals surface area contributed by atoms with Crippen molar-refractivity contribution < 1.29 is 18.0 Å². The molecule has 7 heteroatoms. The number of nitrogens with one attached hydrogen (secondary N) is 1. The molecule has 2 aromatic rings. The van der Waals surface area contributed by atoms with Crippen LogP contribution in [0.2, 0.25) is 0 Å². The topological polar surface area (TPSA) is 68.0 Å². The lowest BCUT2D eigenvalue weighted by molar-refractivity contribution is -0.137. The average Bonchev–Trinajstić information content (AvgIpc) is 2.41. The Hall–Kier alpha value is -2.57. The Morgan fingerprint density at radius 1 is 1.29 bits per heavy atom. The Morgan fingerprint density at radius 3 is 2.57 bits per heavy atom. The second-order valence-corrected chi connectivity index (χ2v) is 4.43. The lowest BCUT2D eigenvalue weighted by Crippen LogP contribution is -2.19. The molecule has 110 valence electrons. The lowest BCUT2D eigenvalue weighted by Gasteiger charge is -2.13.